The molecular weight excluding hydrogens is 336 g/mol. The van der Waals surface area contributed by atoms with E-state index in [1.807, 2.05) is 19.1 Å². The molecule has 3 N–H and O–H groups in total. The van der Waals surface area contributed by atoms with E-state index in [1.165, 1.54) is 31.2 Å². The zero-order valence-electron chi connectivity index (χ0n) is 14.5. The second-order valence-corrected chi connectivity index (χ2v) is 5.68. The minimum Gasteiger partial charge on any atom is -0.484 e. The van der Waals surface area contributed by atoms with Gasteiger partial charge in [0, 0.05) is 5.69 Å². The van der Waals surface area contributed by atoms with Gasteiger partial charge in [-0.3, -0.25) is 9.59 Å². The molecule has 0 aliphatic carbocycles. The summed E-state index contributed by atoms with van der Waals surface area (Å²) in [5, 5.41) is 2.68. The SMILES string of the molecule is Cc1ccc(NC(=O)[C@@H](C)OC(=O)c2ccc(OCC(N)=O)cc2)cc1. The first-order chi connectivity index (χ1) is 12.3. The highest BCUT2D eigenvalue weighted by molar-refractivity contribution is 5.97. The van der Waals surface area contributed by atoms with E-state index in [4.69, 9.17) is 15.2 Å². The number of ether oxygens (including phenoxy) is 2. The maximum Gasteiger partial charge on any atom is 0.338 e. The maximum atomic E-state index is 12.1. The minimum atomic E-state index is -0.963. The summed E-state index contributed by atoms with van der Waals surface area (Å²) in [6, 6.07) is 13.3. The van der Waals surface area contributed by atoms with Crippen molar-refractivity contribution in [1.29, 1.82) is 0 Å². The van der Waals surface area contributed by atoms with Gasteiger partial charge in [-0.1, -0.05) is 17.7 Å². The molecule has 26 heavy (non-hydrogen) atoms. The van der Waals surface area contributed by atoms with Gasteiger partial charge in [-0.2, -0.15) is 0 Å². The Bertz CT molecular complexity index is 785. The van der Waals surface area contributed by atoms with Crippen LogP contribution in [0.3, 0.4) is 0 Å². The predicted molar refractivity (Wildman–Crippen MR) is 95.8 cm³/mol. The molecule has 0 spiro atoms. The van der Waals surface area contributed by atoms with Gasteiger partial charge < -0.3 is 20.5 Å². The molecule has 2 rings (SSSR count). The second kappa shape index (κ2) is 8.66. The third-order valence-electron chi connectivity index (χ3n) is 3.44. The molecule has 0 unspecified atom stereocenters. The first-order valence-corrected chi connectivity index (χ1v) is 7.95. The van der Waals surface area contributed by atoms with Gasteiger partial charge in [-0.15, -0.1) is 0 Å². The number of aryl methyl sites for hydroxylation is 1. The molecule has 0 heterocycles. The molecule has 2 aromatic carbocycles. The molecule has 0 radical (unpaired) electrons. The van der Waals surface area contributed by atoms with Crippen molar-refractivity contribution in [3.8, 4) is 5.75 Å². The van der Waals surface area contributed by atoms with Crippen molar-refractivity contribution in [3.63, 3.8) is 0 Å². The Morgan fingerprint density at radius 3 is 2.23 bits per heavy atom. The summed E-state index contributed by atoms with van der Waals surface area (Å²) in [5.74, 6) is -1.27. The van der Waals surface area contributed by atoms with Crippen molar-refractivity contribution in [2.75, 3.05) is 11.9 Å². The smallest absolute Gasteiger partial charge is 0.338 e. The lowest BCUT2D eigenvalue weighted by molar-refractivity contribution is -0.123. The van der Waals surface area contributed by atoms with Crippen LogP contribution in [-0.2, 0) is 14.3 Å². The quantitative estimate of drug-likeness (QED) is 0.738. The first-order valence-electron chi connectivity index (χ1n) is 7.95. The fourth-order valence-corrected chi connectivity index (χ4v) is 2.00. The second-order valence-electron chi connectivity index (χ2n) is 5.68. The van der Waals surface area contributed by atoms with Gasteiger partial charge >= 0.3 is 5.97 Å². The number of primary amides is 1. The van der Waals surface area contributed by atoms with Crippen molar-refractivity contribution in [2.45, 2.75) is 20.0 Å². The number of nitrogens with one attached hydrogen (secondary N) is 1. The van der Waals surface area contributed by atoms with E-state index in [0.717, 1.165) is 5.56 Å². The summed E-state index contributed by atoms with van der Waals surface area (Å²) in [4.78, 5) is 34.9. The Hall–Kier alpha value is -3.35. The fourth-order valence-electron chi connectivity index (χ4n) is 2.00. The molecular formula is C19H20N2O5. The molecule has 0 saturated carbocycles. The molecule has 2 aromatic rings. The Balaban J connectivity index is 1.90. The van der Waals surface area contributed by atoms with Gasteiger partial charge in [0.1, 0.15) is 5.75 Å². The number of hydrogen-bond acceptors (Lipinski definition) is 5. The van der Waals surface area contributed by atoms with Gasteiger partial charge in [-0.25, -0.2) is 4.79 Å². The van der Waals surface area contributed by atoms with Gasteiger partial charge in [0.15, 0.2) is 12.7 Å². The van der Waals surface area contributed by atoms with E-state index in [-0.39, 0.29) is 12.2 Å². The van der Waals surface area contributed by atoms with Crippen molar-refractivity contribution in [1.82, 2.24) is 0 Å². The van der Waals surface area contributed by atoms with E-state index in [0.29, 0.717) is 11.4 Å². The number of rotatable bonds is 7. The lowest BCUT2D eigenvalue weighted by Crippen LogP contribution is -2.30. The van der Waals surface area contributed by atoms with Gasteiger partial charge in [-0.05, 0) is 50.2 Å². The summed E-state index contributed by atoms with van der Waals surface area (Å²) in [6.07, 6.45) is -0.963. The molecule has 1 atom stereocenters. The number of hydrogen-bond donors (Lipinski definition) is 2. The van der Waals surface area contributed by atoms with Crippen LogP contribution in [0, 0.1) is 6.92 Å². The average Bonchev–Trinajstić information content (AvgIpc) is 2.62. The van der Waals surface area contributed by atoms with Crippen molar-refractivity contribution < 1.29 is 23.9 Å². The highest BCUT2D eigenvalue weighted by Gasteiger charge is 2.19. The molecule has 0 fully saturated rings. The van der Waals surface area contributed by atoms with Crippen LogP contribution in [-0.4, -0.2) is 30.5 Å². The molecule has 0 aliphatic rings. The standard InChI is InChI=1S/C19H20N2O5/c1-12-3-7-15(8-4-12)21-18(23)13(2)26-19(24)14-5-9-16(10-6-14)25-11-17(20)22/h3-10,13H,11H2,1-2H3,(H2,20,22)(H,21,23)/t13-/m1/s1. The number of nitrogens with two attached hydrogens (primary N) is 1. The third-order valence-corrected chi connectivity index (χ3v) is 3.44. The molecule has 0 aliphatic heterocycles. The molecule has 7 nitrogen and oxygen atoms in total. The molecule has 2 amide bonds. The average molecular weight is 356 g/mol. The topological polar surface area (TPSA) is 108 Å². The van der Waals surface area contributed by atoms with E-state index >= 15 is 0 Å². The number of anilines is 1. The van der Waals surface area contributed by atoms with Crippen molar-refractivity contribution in [3.05, 3.63) is 59.7 Å². The number of benzene rings is 2. The Labute approximate surface area is 151 Å². The maximum absolute atomic E-state index is 12.1. The number of carbonyl (C=O) groups is 3. The van der Waals surface area contributed by atoms with Crippen molar-refractivity contribution in [2.24, 2.45) is 5.73 Å². The van der Waals surface area contributed by atoms with E-state index in [1.54, 1.807) is 12.1 Å². The van der Waals surface area contributed by atoms with Crippen LogP contribution >= 0.6 is 0 Å². The molecule has 0 saturated heterocycles. The lowest BCUT2D eigenvalue weighted by Gasteiger charge is -2.14. The lowest BCUT2D eigenvalue weighted by atomic mass is 10.2. The van der Waals surface area contributed by atoms with E-state index in [2.05, 4.69) is 5.32 Å². The number of esters is 1. The van der Waals surface area contributed by atoms with E-state index in [9.17, 15) is 14.4 Å². The third kappa shape index (κ3) is 5.62. The summed E-state index contributed by atoms with van der Waals surface area (Å²) < 4.78 is 10.3. The van der Waals surface area contributed by atoms with Crippen LogP contribution in [0.15, 0.2) is 48.5 Å². The normalized spacial score (nSPS) is 11.3. The fraction of sp³-hybridized carbons (Fsp3) is 0.211. The van der Waals surface area contributed by atoms with Crippen molar-refractivity contribution >= 4 is 23.5 Å². The van der Waals surface area contributed by atoms with E-state index < -0.39 is 23.9 Å². The van der Waals surface area contributed by atoms with Crippen LogP contribution in [0.25, 0.3) is 0 Å². The predicted octanol–water partition coefficient (Wildman–Crippen LogP) is 2.04. The van der Waals surface area contributed by atoms with Crippen LogP contribution in [0.5, 0.6) is 5.75 Å². The number of carbonyl (C=O) groups excluding carboxylic acids is 3. The zero-order chi connectivity index (χ0) is 19.1. The highest BCUT2D eigenvalue weighted by atomic mass is 16.5. The number of amides is 2. The van der Waals surface area contributed by atoms with Crippen LogP contribution in [0.1, 0.15) is 22.8 Å². The molecule has 0 bridgehead atoms. The Kier molecular flexibility index (Phi) is 6.32. The molecule has 7 heteroatoms. The Morgan fingerprint density at radius 1 is 1.04 bits per heavy atom. The van der Waals surface area contributed by atoms with Gasteiger partial charge in [0.2, 0.25) is 0 Å². The highest BCUT2D eigenvalue weighted by Crippen LogP contribution is 2.14. The Morgan fingerprint density at radius 2 is 1.65 bits per heavy atom. The van der Waals surface area contributed by atoms with Crippen LogP contribution in [0.2, 0.25) is 0 Å². The van der Waals surface area contributed by atoms with Crippen LogP contribution < -0.4 is 15.8 Å². The summed E-state index contributed by atoms with van der Waals surface area (Å²) >= 11 is 0. The van der Waals surface area contributed by atoms with Gasteiger partial charge in [0.25, 0.3) is 11.8 Å². The molecule has 0 aromatic heterocycles. The van der Waals surface area contributed by atoms with Gasteiger partial charge in [0.05, 0.1) is 5.56 Å². The zero-order valence-corrected chi connectivity index (χ0v) is 14.5. The monoisotopic (exact) mass is 356 g/mol. The molecule has 136 valence electrons. The summed E-state index contributed by atoms with van der Waals surface area (Å²) in [6.45, 7) is 3.19. The largest absolute Gasteiger partial charge is 0.484 e. The first kappa shape index (κ1) is 19.0. The summed E-state index contributed by atoms with van der Waals surface area (Å²) in [5.41, 5.74) is 6.94. The van der Waals surface area contributed by atoms with Crippen LogP contribution in [0.4, 0.5) is 5.69 Å². The minimum absolute atomic E-state index is 0.250. The summed E-state index contributed by atoms with van der Waals surface area (Å²) in [7, 11) is 0.